The zero-order valence-electron chi connectivity index (χ0n) is 11.2. The van der Waals surface area contributed by atoms with Gasteiger partial charge < -0.3 is 19.5 Å². The maximum atomic E-state index is 9.88. The minimum Gasteiger partial charge on any atom is -0.497 e. The van der Waals surface area contributed by atoms with Crippen molar-refractivity contribution in [1.82, 2.24) is 4.90 Å². The zero-order chi connectivity index (χ0) is 12.8. The Morgan fingerprint density at radius 3 is 2.32 bits per heavy atom. The van der Waals surface area contributed by atoms with Crippen LogP contribution in [-0.4, -0.2) is 49.5 Å². The number of halogens is 1. The van der Waals surface area contributed by atoms with Gasteiger partial charge in [0.2, 0.25) is 0 Å². The second kappa shape index (κ2) is 8.25. The van der Waals surface area contributed by atoms with Crippen LogP contribution in [0.25, 0.3) is 0 Å². The number of nitrogens with zero attached hydrogens (tertiary/aromatic N) is 1. The lowest BCUT2D eigenvalue weighted by Crippen LogP contribution is -2.33. The van der Waals surface area contributed by atoms with E-state index in [1.165, 1.54) is 12.8 Å². The van der Waals surface area contributed by atoms with Gasteiger partial charge in [-0.25, -0.2) is 0 Å². The highest BCUT2D eigenvalue weighted by molar-refractivity contribution is 5.85. The summed E-state index contributed by atoms with van der Waals surface area (Å²) < 4.78 is 10.6. The summed E-state index contributed by atoms with van der Waals surface area (Å²) in [6.07, 6.45) is 2.06. The number of hydrogen-bond donors (Lipinski definition) is 1. The summed E-state index contributed by atoms with van der Waals surface area (Å²) in [4.78, 5) is 2.28. The highest BCUT2D eigenvalue weighted by Crippen LogP contribution is 2.17. The molecule has 1 aliphatic rings. The summed E-state index contributed by atoms with van der Waals surface area (Å²) >= 11 is 0. The van der Waals surface area contributed by atoms with Crippen molar-refractivity contribution in [2.24, 2.45) is 0 Å². The molecule has 0 radical (unpaired) electrons. The Balaban J connectivity index is 0.00000180. The number of likely N-dealkylation sites (tertiary alicyclic amines) is 1. The van der Waals surface area contributed by atoms with Crippen LogP contribution in [-0.2, 0) is 0 Å². The number of methoxy groups -OCH3 is 1. The zero-order valence-corrected chi connectivity index (χ0v) is 12.1. The van der Waals surface area contributed by atoms with E-state index in [1.807, 2.05) is 24.3 Å². The summed E-state index contributed by atoms with van der Waals surface area (Å²) in [5.74, 6) is 1.57. The maximum Gasteiger partial charge on any atom is 0.119 e. The number of β-amino-alcohol motifs (C(OH)–C–C–N with tert-alkyl or cyclic N) is 1. The molecule has 1 aliphatic heterocycles. The average Bonchev–Trinajstić information content (AvgIpc) is 2.90. The van der Waals surface area contributed by atoms with Crippen LogP contribution < -0.4 is 9.47 Å². The standard InChI is InChI=1S/C14H21NO3.ClH/c1-17-13-4-6-14(7-5-13)18-11-12(16)10-15-8-2-3-9-15;/h4-7,12,16H,2-3,8-11H2,1H3;1H. The normalized spacial score (nSPS) is 16.7. The van der Waals surface area contributed by atoms with E-state index >= 15 is 0 Å². The molecule has 0 spiro atoms. The van der Waals surface area contributed by atoms with Gasteiger partial charge in [0.15, 0.2) is 0 Å². The van der Waals surface area contributed by atoms with E-state index in [9.17, 15) is 5.11 Å². The van der Waals surface area contributed by atoms with Crippen LogP contribution in [0.3, 0.4) is 0 Å². The van der Waals surface area contributed by atoms with Crippen molar-refractivity contribution < 1.29 is 14.6 Å². The van der Waals surface area contributed by atoms with Gasteiger partial charge in [-0.3, -0.25) is 0 Å². The molecule has 0 aliphatic carbocycles. The fourth-order valence-electron chi connectivity index (χ4n) is 2.18. The quantitative estimate of drug-likeness (QED) is 0.868. The van der Waals surface area contributed by atoms with Gasteiger partial charge in [0.25, 0.3) is 0 Å². The molecule has 1 aromatic rings. The molecule has 1 aromatic carbocycles. The van der Waals surface area contributed by atoms with Crippen LogP contribution in [0.2, 0.25) is 0 Å². The summed E-state index contributed by atoms with van der Waals surface area (Å²) in [7, 11) is 1.63. The minimum atomic E-state index is -0.426. The van der Waals surface area contributed by atoms with Gasteiger partial charge in [-0.15, -0.1) is 12.4 Å². The largest absolute Gasteiger partial charge is 0.497 e. The van der Waals surface area contributed by atoms with Crippen LogP contribution >= 0.6 is 12.4 Å². The van der Waals surface area contributed by atoms with E-state index in [0.717, 1.165) is 24.6 Å². The lowest BCUT2D eigenvalue weighted by Gasteiger charge is -2.19. The van der Waals surface area contributed by atoms with E-state index in [1.54, 1.807) is 7.11 Å². The van der Waals surface area contributed by atoms with E-state index in [0.29, 0.717) is 13.2 Å². The number of ether oxygens (including phenoxy) is 2. The van der Waals surface area contributed by atoms with Crippen molar-refractivity contribution >= 4 is 12.4 Å². The van der Waals surface area contributed by atoms with Gasteiger partial charge in [-0.1, -0.05) is 0 Å². The highest BCUT2D eigenvalue weighted by Gasteiger charge is 2.15. The molecule has 0 bridgehead atoms. The molecule has 5 heteroatoms. The van der Waals surface area contributed by atoms with Gasteiger partial charge in [-0.2, -0.15) is 0 Å². The maximum absolute atomic E-state index is 9.88. The van der Waals surface area contributed by atoms with Crippen molar-refractivity contribution in [2.75, 3.05) is 33.4 Å². The fraction of sp³-hybridized carbons (Fsp3) is 0.571. The first-order valence-corrected chi connectivity index (χ1v) is 6.45. The second-order valence-electron chi connectivity index (χ2n) is 4.65. The summed E-state index contributed by atoms with van der Waals surface area (Å²) in [5, 5.41) is 9.88. The molecule has 1 atom stereocenters. The van der Waals surface area contributed by atoms with Gasteiger partial charge in [0.1, 0.15) is 24.2 Å². The van der Waals surface area contributed by atoms with E-state index in [2.05, 4.69) is 4.90 Å². The Morgan fingerprint density at radius 1 is 1.16 bits per heavy atom. The molecule has 2 rings (SSSR count). The predicted octanol–water partition coefficient (Wildman–Crippen LogP) is 1.95. The lowest BCUT2D eigenvalue weighted by molar-refractivity contribution is 0.0758. The highest BCUT2D eigenvalue weighted by atomic mass is 35.5. The monoisotopic (exact) mass is 287 g/mol. The molecule has 1 fully saturated rings. The number of aliphatic hydroxyl groups is 1. The van der Waals surface area contributed by atoms with Crippen LogP contribution in [0.5, 0.6) is 11.5 Å². The summed E-state index contributed by atoms with van der Waals surface area (Å²) in [6, 6.07) is 7.40. The van der Waals surface area contributed by atoms with Gasteiger partial charge in [0.05, 0.1) is 7.11 Å². The molecule has 1 N–H and O–H groups in total. The Bertz CT molecular complexity index is 352. The summed E-state index contributed by atoms with van der Waals surface area (Å²) in [6.45, 7) is 3.23. The molecular weight excluding hydrogens is 266 g/mol. The van der Waals surface area contributed by atoms with E-state index < -0.39 is 6.10 Å². The molecule has 0 saturated carbocycles. The number of benzene rings is 1. The van der Waals surface area contributed by atoms with E-state index in [4.69, 9.17) is 9.47 Å². The van der Waals surface area contributed by atoms with Gasteiger partial charge in [0, 0.05) is 6.54 Å². The van der Waals surface area contributed by atoms with Crippen LogP contribution in [0, 0.1) is 0 Å². The Labute approximate surface area is 120 Å². The molecule has 4 nitrogen and oxygen atoms in total. The molecular formula is C14H22ClNO3. The third-order valence-corrected chi connectivity index (χ3v) is 3.17. The second-order valence-corrected chi connectivity index (χ2v) is 4.65. The van der Waals surface area contributed by atoms with Crippen molar-refractivity contribution in [1.29, 1.82) is 0 Å². The van der Waals surface area contributed by atoms with Gasteiger partial charge in [-0.05, 0) is 50.2 Å². The Kier molecular flexibility index (Phi) is 6.99. The van der Waals surface area contributed by atoms with Crippen LogP contribution in [0.1, 0.15) is 12.8 Å². The first kappa shape index (κ1) is 16.1. The number of hydrogen-bond acceptors (Lipinski definition) is 4. The molecule has 108 valence electrons. The number of rotatable bonds is 6. The minimum absolute atomic E-state index is 0. The third-order valence-electron chi connectivity index (χ3n) is 3.17. The molecule has 0 aromatic heterocycles. The van der Waals surface area contributed by atoms with Crippen LogP contribution in [0.15, 0.2) is 24.3 Å². The smallest absolute Gasteiger partial charge is 0.119 e. The first-order valence-electron chi connectivity index (χ1n) is 6.45. The van der Waals surface area contributed by atoms with Crippen LogP contribution in [0.4, 0.5) is 0 Å². The lowest BCUT2D eigenvalue weighted by atomic mass is 10.3. The fourth-order valence-corrected chi connectivity index (χ4v) is 2.18. The first-order chi connectivity index (χ1) is 8.78. The van der Waals surface area contributed by atoms with Gasteiger partial charge >= 0.3 is 0 Å². The molecule has 19 heavy (non-hydrogen) atoms. The third kappa shape index (κ3) is 5.27. The topological polar surface area (TPSA) is 41.9 Å². The summed E-state index contributed by atoms with van der Waals surface area (Å²) in [5.41, 5.74) is 0. The molecule has 1 unspecified atom stereocenters. The molecule has 0 amide bonds. The molecule has 1 heterocycles. The molecule has 1 saturated heterocycles. The van der Waals surface area contributed by atoms with E-state index in [-0.39, 0.29) is 12.4 Å². The average molecular weight is 288 g/mol. The van der Waals surface area contributed by atoms with Crippen molar-refractivity contribution in [3.63, 3.8) is 0 Å². The predicted molar refractivity (Wildman–Crippen MR) is 77.4 cm³/mol. The van der Waals surface area contributed by atoms with Crippen molar-refractivity contribution in [3.8, 4) is 11.5 Å². The number of aliphatic hydroxyl groups excluding tert-OH is 1. The van der Waals surface area contributed by atoms with Crippen molar-refractivity contribution in [2.45, 2.75) is 18.9 Å². The van der Waals surface area contributed by atoms with Crippen molar-refractivity contribution in [3.05, 3.63) is 24.3 Å². The SMILES string of the molecule is COc1ccc(OCC(O)CN2CCCC2)cc1.Cl. The Hall–Kier alpha value is -0.970. The Morgan fingerprint density at radius 2 is 1.74 bits per heavy atom.